The number of benzene rings is 3. The number of fused-ring (bicyclic) bond motifs is 1. The lowest BCUT2D eigenvalue weighted by Crippen LogP contribution is -2.26. The van der Waals surface area contributed by atoms with E-state index < -0.39 is 29.4 Å². The van der Waals surface area contributed by atoms with Gasteiger partial charge in [-0.05, 0) is 78.4 Å². The Bertz CT molecular complexity index is 1650. The van der Waals surface area contributed by atoms with Crippen LogP contribution in [-0.4, -0.2) is 41.7 Å². The van der Waals surface area contributed by atoms with Crippen molar-refractivity contribution in [3.63, 3.8) is 0 Å². The highest BCUT2D eigenvalue weighted by molar-refractivity contribution is 14.1. The molecule has 0 unspecified atom stereocenters. The van der Waals surface area contributed by atoms with E-state index in [1.54, 1.807) is 50.2 Å². The highest BCUT2D eigenvalue weighted by Crippen LogP contribution is 2.35. The Labute approximate surface area is 240 Å². The van der Waals surface area contributed by atoms with Gasteiger partial charge >= 0.3 is 12.1 Å². The number of carbonyl (C=O) groups is 1. The van der Waals surface area contributed by atoms with Gasteiger partial charge in [0.2, 0.25) is 0 Å². The minimum atomic E-state index is -4.58. The lowest BCUT2D eigenvalue weighted by atomic mass is 10.1. The summed E-state index contributed by atoms with van der Waals surface area (Å²) in [5, 5.41) is 4.56. The largest absolute Gasteiger partial charge is 0.493 e. The predicted octanol–water partition coefficient (Wildman–Crippen LogP) is 5.91. The van der Waals surface area contributed by atoms with Crippen molar-refractivity contribution in [1.29, 1.82) is 0 Å². The monoisotopic (exact) mass is 665 g/mol. The summed E-state index contributed by atoms with van der Waals surface area (Å²) in [6.07, 6.45) is -4.11. The molecule has 0 aliphatic carbocycles. The Kier molecular flexibility index (Phi) is 8.76. The fraction of sp³-hybridized carbons (Fsp3) is 0.214. The van der Waals surface area contributed by atoms with E-state index in [2.05, 4.69) is 10.1 Å². The molecule has 4 rings (SSSR count). The second kappa shape index (κ2) is 12.1. The van der Waals surface area contributed by atoms with Crippen LogP contribution in [0.4, 0.5) is 13.2 Å². The Morgan fingerprint density at radius 2 is 1.90 bits per heavy atom. The van der Waals surface area contributed by atoms with Gasteiger partial charge in [-0.25, -0.2) is 9.78 Å². The van der Waals surface area contributed by atoms with Gasteiger partial charge in [-0.1, -0.05) is 24.3 Å². The van der Waals surface area contributed by atoms with Gasteiger partial charge in [0, 0.05) is 5.56 Å². The molecule has 208 valence electrons. The van der Waals surface area contributed by atoms with Gasteiger partial charge in [-0.2, -0.15) is 22.9 Å². The van der Waals surface area contributed by atoms with Crippen molar-refractivity contribution in [2.45, 2.75) is 26.1 Å². The van der Waals surface area contributed by atoms with Gasteiger partial charge in [0.1, 0.15) is 0 Å². The maximum Gasteiger partial charge on any atom is 0.416 e. The summed E-state index contributed by atoms with van der Waals surface area (Å²) >= 11 is 2.01. The summed E-state index contributed by atoms with van der Waals surface area (Å²) in [7, 11) is 1.43. The molecule has 12 heteroatoms. The molecule has 1 heterocycles. The number of ether oxygens (including phenoxy) is 3. The van der Waals surface area contributed by atoms with Gasteiger partial charge in [0.15, 0.2) is 23.4 Å². The molecule has 0 amide bonds. The van der Waals surface area contributed by atoms with Crippen molar-refractivity contribution in [2.24, 2.45) is 5.10 Å². The molecule has 0 bridgehead atoms. The molecule has 0 radical (unpaired) electrons. The number of hydrogen-bond acceptors (Lipinski definition) is 7. The Morgan fingerprint density at radius 3 is 2.60 bits per heavy atom. The highest BCUT2D eigenvalue weighted by Gasteiger charge is 2.31. The SMILES string of the molecule is CCOC(=O)[C@@H](C)Oc1c(I)cc(C=Nn2c(-c3cccc(C(F)(F)F)c3)nc3ccccc3c2=O)cc1OC. The van der Waals surface area contributed by atoms with Crippen LogP contribution < -0.4 is 15.0 Å². The second-order valence-electron chi connectivity index (χ2n) is 8.44. The second-order valence-corrected chi connectivity index (χ2v) is 9.60. The van der Waals surface area contributed by atoms with Crippen molar-refractivity contribution < 1.29 is 32.2 Å². The summed E-state index contributed by atoms with van der Waals surface area (Å²) in [6, 6.07) is 14.3. The van der Waals surface area contributed by atoms with E-state index in [0.717, 1.165) is 16.8 Å². The number of para-hydroxylation sites is 1. The molecule has 3 aromatic carbocycles. The lowest BCUT2D eigenvalue weighted by Gasteiger charge is -2.17. The first-order valence-corrected chi connectivity index (χ1v) is 13.1. The summed E-state index contributed by atoms with van der Waals surface area (Å²) < 4.78 is 58.0. The van der Waals surface area contributed by atoms with Crippen LogP contribution >= 0.6 is 22.6 Å². The van der Waals surface area contributed by atoms with Gasteiger partial charge < -0.3 is 14.2 Å². The van der Waals surface area contributed by atoms with Crippen LogP contribution in [0.25, 0.3) is 22.3 Å². The van der Waals surface area contributed by atoms with Crippen molar-refractivity contribution in [1.82, 2.24) is 9.66 Å². The van der Waals surface area contributed by atoms with Crippen molar-refractivity contribution in [3.8, 4) is 22.9 Å². The number of alkyl halides is 3. The summed E-state index contributed by atoms with van der Waals surface area (Å²) in [4.78, 5) is 29.9. The lowest BCUT2D eigenvalue weighted by molar-refractivity contribution is -0.150. The molecule has 0 saturated heterocycles. The molecule has 0 spiro atoms. The van der Waals surface area contributed by atoms with E-state index in [0.29, 0.717) is 26.1 Å². The van der Waals surface area contributed by atoms with Crippen molar-refractivity contribution in [3.05, 3.63) is 85.7 Å². The average Bonchev–Trinajstić information content (AvgIpc) is 2.93. The van der Waals surface area contributed by atoms with E-state index in [9.17, 15) is 22.8 Å². The van der Waals surface area contributed by atoms with Gasteiger partial charge in [-0.3, -0.25) is 4.79 Å². The van der Waals surface area contributed by atoms with Crippen LogP contribution in [0.5, 0.6) is 11.5 Å². The topological polar surface area (TPSA) is 92.0 Å². The quantitative estimate of drug-likeness (QED) is 0.132. The zero-order valence-electron chi connectivity index (χ0n) is 21.5. The normalized spacial score (nSPS) is 12.5. The van der Waals surface area contributed by atoms with E-state index >= 15 is 0 Å². The minimum absolute atomic E-state index is 0.0593. The molecule has 40 heavy (non-hydrogen) atoms. The molecule has 4 aromatic rings. The van der Waals surface area contributed by atoms with E-state index in [-0.39, 0.29) is 23.4 Å². The number of halogens is 4. The van der Waals surface area contributed by atoms with Crippen LogP contribution in [0.2, 0.25) is 0 Å². The van der Waals surface area contributed by atoms with Gasteiger partial charge in [0.25, 0.3) is 5.56 Å². The summed E-state index contributed by atoms with van der Waals surface area (Å²) in [6.45, 7) is 3.46. The van der Waals surface area contributed by atoms with Crippen LogP contribution in [-0.2, 0) is 15.7 Å². The number of nitrogens with zero attached hydrogens (tertiary/aromatic N) is 3. The Hall–Kier alpha value is -3.94. The summed E-state index contributed by atoms with van der Waals surface area (Å²) in [5.74, 6) is 0.0220. The first-order chi connectivity index (χ1) is 19.0. The number of esters is 1. The molecule has 0 fully saturated rings. The van der Waals surface area contributed by atoms with Gasteiger partial charge in [0.05, 0.1) is 40.0 Å². The molecule has 1 atom stereocenters. The van der Waals surface area contributed by atoms with Crippen LogP contribution in [0, 0.1) is 3.57 Å². The molecule has 0 aliphatic rings. The molecule has 0 aliphatic heterocycles. The molecule has 1 aromatic heterocycles. The van der Waals surface area contributed by atoms with Crippen LogP contribution in [0.15, 0.2) is 70.6 Å². The minimum Gasteiger partial charge on any atom is -0.493 e. The molecule has 8 nitrogen and oxygen atoms in total. The molecule has 0 N–H and O–H groups in total. The van der Waals surface area contributed by atoms with Gasteiger partial charge in [-0.15, -0.1) is 0 Å². The first-order valence-electron chi connectivity index (χ1n) is 12.0. The number of aromatic nitrogens is 2. The molecular formula is C28H23F3IN3O5. The maximum atomic E-state index is 13.4. The fourth-order valence-corrected chi connectivity index (χ4v) is 4.54. The van der Waals surface area contributed by atoms with E-state index in [4.69, 9.17) is 14.2 Å². The third-order valence-corrected chi connectivity index (χ3v) is 6.49. The Morgan fingerprint density at radius 1 is 1.15 bits per heavy atom. The zero-order chi connectivity index (χ0) is 29.0. The number of methoxy groups -OCH3 is 1. The number of carbonyl (C=O) groups excluding carboxylic acids is 1. The van der Waals surface area contributed by atoms with Crippen LogP contribution in [0.1, 0.15) is 25.0 Å². The van der Waals surface area contributed by atoms with E-state index in [1.807, 2.05) is 22.6 Å². The first kappa shape index (κ1) is 29.1. The zero-order valence-corrected chi connectivity index (χ0v) is 23.7. The van der Waals surface area contributed by atoms with Crippen molar-refractivity contribution >= 4 is 45.7 Å². The maximum absolute atomic E-state index is 13.4. The van der Waals surface area contributed by atoms with Crippen molar-refractivity contribution in [2.75, 3.05) is 13.7 Å². The Balaban J connectivity index is 1.80. The highest BCUT2D eigenvalue weighted by atomic mass is 127. The smallest absolute Gasteiger partial charge is 0.416 e. The third-order valence-electron chi connectivity index (χ3n) is 5.69. The standard InChI is InChI=1S/C28H23F3IN3O5/c1-4-39-27(37)16(2)40-24-21(32)12-17(13-23(24)38-3)15-33-35-25(18-8-7-9-19(14-18)28(29,30)31)34-22-11-6-5-10-20(22)26(35)36/h5-16H,4H2,1-3H3/t16-/m1/s1. The number of hydrogen-bond donors (Lipinski definition) is 0. The molecular weight excluding hydrogens is 642 g/mol. The van der Waals surface area contributed by atoms with E-state index in [1.165, 1.54) is 25.5 Å². The average molecular weight is 665 g/mol. The third kappa shape index (κ3) is 6.27. The summed E-state index contributed by atoms with van der Waals surface area (Å²) in [5.41, 5.74) is -0.556. The number of rotatable bonds is 8. The predicted molar refractivity (Wildman–Crippen MR) is 152 cm³/mol. The fourth-order valence-electron chi connectivity index (χ4n) is 3.79. The molecule has 0 saturated carbocycles. The van der Waals surface area contributed by atoms with Crippen LogP contribution in [0.3, 0.4) is 0 Å².